The van der Waals surface area contributed by atoms with Crippen LogP contribution in [0.1, 0.15) is 41.6 Å². The second-order valence-corrected chi connectivity index (χ2v) is 6.84. The van der Waals surface area contributed by atoms with E-state index in [1.807, 2.05) is 12.1 Å². The molecule has 1 aliphatic heterocycles. The van der Waals surface area contributed by atoms with Crippen molar-refractivity contribution in [3.63, 3.8) is 0 Å². The molecule has 7 nitrogen and oxygen atoms in total. The zero-order valence-corrected chi connectivity index (χ0v) is 14.6. The molecule has 1 unspecified atom stereocenters. The van der Waals surface area contributed by atoms with E-state index in [0.29, 0.717) is 18.7 Å². The highest BCUT2D eigenvalue weighted by Gasteiger charge is 2.29. The van der Waals surface area contributed by atoms with Gasteiger partial charge in [0, 0.05) is 24.6 Å². The summed E-state index contributed by atoms with van der Waals surface area (Å²) in [5.41, 5.74) is 1.43. The van der Waals surface area contributed by atoms with Crippen molar-refractivity contribution in [3.8, 4) is 0 Å². The van der Waals surface area contributed by atoms with Gasteiger partial charge in [-0.1, -0.05) is 25.0 Å². The molecule has 2 fully saturated rings. The third kappa shape index (κ3) is 4.40. The molecule has 0 bridgehead atoms. The molecule has 0 spiro atoms. The van der Waals surface area contributed by atoms with Gasteiger partial charge < -0.3 is 20.1 Å². The maximum absolute atomic E-state index is 12.5. The molecule has 1 aromatic carbocycles. The normalized spacial score (nSPS) is 20.8. The van der Waals surface area contributed by atoms with Crippen molar-refractivity contribution in [3.05, 3.63) is 35.4 Å². The van der Waals surface area contributed by atoms with E-state index in [-0.39, 0.29) is 30.9 Å². The summed E-state index contributed by atoms with van der Waals surface area (Å²) in [5, 5.41) is 12.0. The lowest BCUT2D eigenvalue weighted by molar-refractivity contribution is -0.154. The van der Waals surface area contributed by atoms with Crippen LogP contribution in [-0.2, 0) is 20.9 Å². The summed E-state index contributed by atoms with van der Waals surface area (Å²) >= 11 is 0. The number of nitrogens with one attached hydrogen (secondary N) is 1. The van der Waals surface area contributed by atoms with Gasteiger partial charge in [-0.3, -0.25) is 9.59 Å². The Kier molecular flexibility index (Phi) is 5.88. The number of amides is 2. The van der Waals surface area contributed by atoms with E-state index in [2.05, 4.69) is 5.32 Å². The highest BCUT2D eigenvalue weighted by atomic mass is 16.5. The quantitative estimate of drug-likeness (QED) is 0.828. The zero-order valence-electron chi connectivity index (χ0n) is 14.6. The standard InChI is InChI=1S/C19H24N2O5/c22-17(14-3-1-2-4-14)20-11-13-5-7-15(8-6-13)18(23)21-9-10-26-16(12-21)19(24)25/h5-8,14,16H,1-4,9-12H2,(H,20,22)(H,24,25). The second kappa shape index (κ2) is 8.31. The van der Waals surface area contributed by atoms with Gasteiger partial charge >= 0.3 is 5.97 Å². The minimum atomic E-state index is -1.06. The van der Waals surface area contributed by atoms with Crippen LogP contribution in [-0.4, -0.2) is 53.6 Å². The number of hydrogen-bond donors (Lipinski definition) is 2. The Hall–Kier alpha value is -2.41. The molecule has 2 amide bonds. The van der Waals surface area contributed by atoms with E-state index in [9.17, 15) is 14.4 Å². The van der Waals surface area contributed by atoms with Crippen LogP contribution in [0.25, 0.3) is 0 Å². The van der Waals surface area contributed by atoms with Gasteiger partial charge in [0.2, 0.25) is 5.91 Å². The first-order chi connectivity index (χ1) is 12.5. The highest BCUT2D eigenvalue weighted by molar-refractivity contribution is 5.94. The minimum Gasteiger partial charge on any atom is -0.479 e. The Balaban J connectivity index is 1.54. The molecule has 0 radical (unpaired) electrons. The molecule has 0 aromatic heterocycles. The molecule has 26 heavy (non-hydrogen) atoms. The molecular weight excluding hydrogens is 336 g/mol. The summed E-state index contributed by atoms with van der Waals surface area (Å²) in [6, 6.07) is 7.06. The van der Waals surface area contributed by atoms with Crippen LogP contribution in [0.2, 0.25) is 0 Å². The Morgan fingerprint density at radius 2 is 1.85 bits per heavy atom. The number of benzene rings is 1. The van der Waals surface area contributed by atoms with Crippen LogP contribution in [0.4, 0.5) is 0 Å². The molecule has 1 aliphatic carbocycles. The molecular formula is C19H24N2O5. The summed E-state index contributed by atoms with van der Waals surface area (Å²) in [7, 11) is 0. The molecule has 3 rings (SSSR count). The van der Waals surface area contributed by atoms with Crippen LogP contribution in [0, 0.1) is 5.92 Å². The molecule has 1 aromatic rings. The summed E-state index contributed by atoms with van der Waals surface area (Å²) in [5.74, 6) is -1.02. The lowest BCUT2D eigenvalue weighted by atomic mass is 10.1. The number of carboxylic acid groups (broad SMARTS) is 1. The van der Waals surface area contributed by atoms with Crippen molar-refractivity contribution in [1.29, 1.82) is 0 Å². The van der Waals surface area contributed by atoms with Gasteiger partial charge in [-0.2, -0.15) is 0 Å². The number of hydrogen-bond acceptors (Lipinski definition) is 4. The number of rotatable bonds is 5. The summed E-state index contributed by atoms with van der Waals surface area (Å²) in [6.07, 6.45) is 3.21. The summed E-state index contributed by atoms with van der Waals surface area (Å²) < 4.78 is 5.14. The first-order valence-corrected chi connectivity index (χ1v) is 9.05. The Bertz CT molecular complexity index is 667. The SMILES string of the molecule is O=C(NCc1ccc(C(=O)N2CCOC(C(=O)O)C2)cc1)C1CCCC1. The molecule has 2 N–H and O–H groups in total. The van der Waals surface area contributed by atoms with Crippen LogP contribution in [0.5, 0.6) is 0 Å². The van der Waals surface area contributed by atoms with Crippen LogP contribution in [0.15, 0.2) is 24.3 Å². The highest BCUT2D eigenvalue weighted by Crippen LogP contribution is 2.24. The predicted octanol–water partition coefficient (Wildman–Crippen LogP) is 1.42. The fourth-order valence-electron chi connectivity index (χ4n) is 3.45. The van der Waals surface area contributed by atoms with E-state index in [4.69, 9.17) is 9.84 Å². The van der Waals surface area contributed by atoms with E-state index in [1.165, 1.54) is 4.90 Å². The maximum atomic E-state index is 12.5. The first kappa shape index (κ1) is 18.4. The average molecular weight is 360 g/mol. The zero-order chi connectivity index (χ0) is 18.5. The Morgan fingerprint density at radius 1 is 1.15 bits per heavy atom. The topological polar surface area (TPSA) is 95.9 Å². The van der Waals surface area contributed by atoms with Crippen molar-refractivity contribution in [1.82, 2.24) is 10.2 Å². The number of morpholine rings is 1. The molecule has 1 saturated heterocycles. The summed E-state index contributed by atoms with van der Waals surface area (Å²) in [6.45, 7) is 1.09. The Labute approximate surface area is 152 Å². The molecule has 2 aliphatic rings. The van der Waals surface area contributed by atoms with E-state index >= 15 is 0 Å². The fraction of sp³-hybridized carbons (Fsp3) is 0.526. The number of carboxylic acids is 1. The van der Waals surface area contributed by atoms with Gasteiger partial charge in [0.1, 0.15) is 0 Å². The number of aliphatic carboxylic acids is 1. The monoisotopic (exact) mass is 360 g/mol. The molecule has 140 valence electrons. The van der Waals surface area contributed by atoms with E-state index in [0.717, 1.165) is 31.2 Å². The van der Waals surface area contributed by atoms with Gasteiger partial charge in [-0.25, -0.2) is 4.79 Å². The third-order valence-electron chi connectivity index (χ3n) is 5.02. The van der Waals surface area contributed by atoms with Crippen molar-refractivity contribution in [2.75, 3.05) is 19.7 Å². The van der Waals surface area contributed by atoms with E-state index < -0.39 is 12.1 Å². The van der Waals surface area contributed by atoms with Gasteiger partial charge in [-0.15, -0.1) is 0 Å². The predicted molar refractivity (Wildman–Crippen MR) is 93.5 cm³/mol. The van der Waals surface area contributed by atoms with Gasteiger partial charge in [-0.05, 0) is 30.5 Å². The molecule has 1 saturated carbocycles. The maximum Gasteiger partial charge on any atom is 0.334 e. The minimum absolute atomic E-state index is 0.0490. The third-order valence-corrected chi connectivity index (χ3v) is 5.02. The van der Waals surface area contributed by atoms with Gasteiger partial charge in [0.25, 0.3) is 5.91 Å². The average Bonchev–Trinajstić information content (AvgIpc) is 3.21. The Morgan fingerprint density at radius 3 is 2.50 bits per heavy atom. The van der Waals surface area contributed by atoms with Gasteiger partial charge in [0.15, 0.2) is 6.10 Å². The van der Waals surface area contributed by atoms with Crippen LogP contribution >= 0.6 is 0 Å². The molecule has 1 heterocycles. The van der Waals surface area contributed by atoms with Crippen molar-refractivity contribution < 1.29 is 24.2 Å². The van der Waals surface area contributed by atoms with Crippen LogP contribution in [0.3, 0.4) is 0 Å². The number of carbonyl (C=O) groups excluding carboxylic acids is 2. The van der Waals surface area contributed by atoms with E-state index in [1.54, 1.807) is 12.1 Å². The van der Waals surface area contributed by atoms with Crippen molar-refractivity contribution in [2.24, 2.45) is 5.92 Å². The largest absolute Gasteiger partial charge is 0.479 e. The lowest BCUT2D eigenvalue weighted by Gasteiger charge is -2.30. The van der Waals surface area contributed by atoms with Crippen molar-refractivity contribution in [2.45, 2.75) is 38.3 Å². The lowest BCUT2D eigenvalue weighted by Crippen LogP contribution is -2.48. The number of ether oxygens (including phenoxy) is 1. The van der Waals surface area contributed by atoms with Gasteiger partial charge in [0.05, 0.1) is 13.2 Å². The molecule has 7 heteroatoms. The number of carbonyl (C=O) groups is 3. The first-order valence-electron chi connectivity index (χ1n) is 9.05. The number of nitrogens with zero attached hydrogens (tertiary/aromatic N) is 1. The summed E-state index contributed by atoms with van der Waals surface area (Å²) in [4.78, 5) is 37.1. The fourth-order valence-corrected chi connectivity index (χ4v) is 3.45. The van der Waals surface area contributed by atoms with Crippen molar-refractivity contribution >= 4 is 17.8 Å². The molecule has 1 atom stereocenters. The second-order valence-electron chi connectivity index (χ2n) is 6.84. The van der Waals surface area contributed by atoms with Crippen LogP contribution < -0.4 is 5.32 Å². The smallest absolute Gasteiger partial charge is 0.334 e.